The fourth-order valence-corrected chi connectivity index (χ4v) is 18.6. The number of benzene rings is 7. The van der Waals surface area contributed by atoms with Crippen LogP contribution < -0.4 is 0 Å². The maximum atomic E-state index is 20.1. The predicted octanol–water partition coefficient (Wildman–Crippen LogP) is 15.7. The van der Waals surface area contributed by atoms with Crippen LogP contribution in [0.4, 0.5) is 8.78 Å². The highest BCUT2D eigenvalue weighted by molar-refractivity contribution is 7.97. The lowest BCUT2D eigenvalue weighted by Crippen LogP contribution is -2.32. The van der Waals surface area contributed by atoms with Crippen LogP contribution in [-0.4, -0.2) is 16.8 Å². The molecular formula is C68H40F2N4O4S4. The summed E-state index contributed by atoms with van der Waals surface area (Å²) in [6.07, 6.45) is 2.86. The third-order valence-corrected chi connectivity index (χ3v) is 22.1. The normalized spacial score (nSPS) is 17.4. The number of halogens is 2. The van der Waals surface area contributed by atoms with Gasteiger partial charge in [0.1, 0.15) is 29.3 Å². The summed E-state index contributed by atoms with van der Waals surface area (Å²) in [6.45, 7) is 15.7. The van der Waals surface area contributed by atoms with Crippen molar-refractivity contribution in [1.29, 1.82) is 15.8 Å². The standard InChI is InChI=1S/C68H40F2N4O4S4/c1-37-14-22-42(23-15-37)67(43-24-16-38(2)17-25-43)50-30-46(32-55-57(41(34-71)35-72)48-10-6-8-12-53(48)81(55,75)76)79-65(50)59-61(67)64(70)60-62(63(59)69)68(44-26-18-39(3)19-27-44,45-28-20-40(4)21-29-45)51-31-47(80-66(51)60)33-56-58(52(36-73)74-5)49-11-7-9-13-54(49)82(56,77)78/h6-33H,1-4H3/b55-32-,56-33-,58-52+. The topological polar surface area (TPSA) is 144 Å². The molecule has 0 saturated heterocycles. The van der Waals surface area contributed by atoms with E-state index >= 15 is 8.78 Å². The second kappa shape index (κ2) is 18.6. The maximum absolute atomic E-state index is 20.1. The highest BCUT2D eigenvalue weighted by atomic mass is 32.2. The lowest BCUT2D eigenvalue weighted by Gasteiger charge is -2.36. The number of hydrogen-bond donors (Lipinski definition) is 0. The minimum absolute atomic E-state index is 0.0206. The monoisotopic (exact) mass is 1140 g/mol. The molecule has 4 aliphatic rings. The molecule has 0 atom stereocenters. The molecule has 2 aliphatic carbocycles. The number of nitriles is 3. The van der Waals surface area contributed by atoms with Gasteiger partial charge in [0.25, 0.3) is 5.70 Å². The van der Waals surface area contributed by atoms with Gasteiger partial charge in [-0.15, -0.1) is 22.7 Å². The number of aryl methyl sites for hydroxylation is 4. The molecule has 0 unspecified atom stereocenters. The van der Waals surface area contributed by atoms with Gasteiger partial charge >= 0.3 is 0 Å². The molecule has 82 heavy (non-hydrogen) atoms. The summed E-state index contributed by atoms with van der Waals surface area (Å²) in [5.41, 5.74) is 3.21. The third-order valence-electron chi connectivity index (χ3n) is 16.3. The van der Waals surface area contributed by atoms with E-state index < -0.39 is 53.4 Å². The summed E-state index contributed by atoms with van der Waals surface area (Å²) < 4.78 is 98.7. The van der Waals surface area contributed by atoms with E-state index in [4.69, 9.17) is 6.57 Å². The number of allylic oxidation sites excluding steroid dienone is 4. The van der Waals surface area contributed by atoms with Crippen LogP contribution in [0, 0.1) is 79.9 Å². The lowest BCUT2D eigenvalue weighted by molar-refractivity contribution is 0.558. The smallest absolute Gasteiger partial charge is 0.226 e. The molecule has 0 radical (unpaired) electrons. The SMILES string of the molecule is [C-]#[N+]/C(C#N)=C1/C(=C/c2cc3c(s2)-c2c(F)c4c(c(F)c2C3(c2ccc(C)cc2)c2ccc(C)cc2)-c2sc(/C=C3/C(=C(C#N)C#N)c5ccccc5S3(=O)=O)cc2C4(c2ccc(C)cc2)c2ccc(C)cc2)S(=O)(=O)c2ccccc21. The third kappa shape index (κ3) is 7.03. The van der Waals surface area contributed by atoms with Gasteiger partial charge in [0.05, 0.1) is 43.1 Å². The minimum Gasteiger partial charge on any atom is -0.226 e. The zero-order valence-corrected chi connectivity index (χ0v) is 47.2. The summed E-state index contributed by atoms with van der Waals surface area (Å²) in [7, 11) is -8.63. The van der Waals surface area contributed by atoms with Crippen molar-refractivity contribution in [3.8, 4) is 39.1 Å². The number of sulfone groups is 2. The Kier molecular flexibility index (Phi) is 11.8. The first-order chi connectivity index (χ1) is 39.5. The number of rotatable bonds is 6. The van der Waals surface area contributed by atoms with Crippen LogP contribution in [-0.2, 0) is 30.5 Å². The Hall–Kier alpha value is -9.38. The Morgan fingerprint density at radius 3 is 1.20 bits per heavy atom. The summed E-state index contributed by atoms with van der Waals surface area (Å²) >= 11 is 2.17. The van der Waals surface area contributed by atoms with Crippen LogP contribution in [0.3, 0.4) is 0 Å². The summed E-state index contributed by atoms with van der Waals surface area (Å²) in [6, 6.07) is 52.1. The fraction of sp³-hybridized carbons (Fsp3) is 0.0882. The van der Waals surface area contributed by atoms with Crippen LogP contribution in [0.5, 0.6) is 0 Å². The van der Waals surface area contributed by atoms with Crippen molar-refractivity contribution in [2.24, 2.45) is 0 Å². The van der Waals surface area contributed by atoms with E-state index in [1.807, 2.05) is 143 Å². The summed E-state index contributed by atoms with van der Waals surface area (Å²) in [4.78, 5) is 4.17. The van der Waals surface area contributed by atoms with Crippen molar-refractivity contribution in [2.75, 3.05) is 0 Å². The average molecular weight is 1140 g/mol. The van der Waals surface area contributed by atoms with Crippen molar-refractivity contribution < 1.29 is 25.6 Å². The molecule has 14 heteroatoms. The molecule has 8 nitrogen and oxygen atoms in total. The van der Waals surface area contributed by atoms with Crippen LogP contribution in [0.1, 0.15) is 87.6 Å². The van der Waals surface area contributed by atoms with Gasteiger partial charge in [0.2, 0.25) is 19.7 Å². The maximum Gasteiger partial charge on any atom is 0.270 e. The molecular weight excluding hydrogens is 1100 g/mol. The molecule has 4 heterocycles. The second-order valence-corrected chi connectivity index (χ2v) is 26.8. The van der Waals surface area contributed by atoms with Crippen LogP contribution >= 0.6 is 22.7 Å². The molecule has 0 fully saturated rings. The molecule has 0 amide bonds. The van der Waals surface area contributed by atoms with Crippen molar-refractivity contribution in [3.63, 3.8) is 0 Å². The first-order valence-corrected chi connectivity index (χ1v) is 30.4. The summed E-state index contributed by atoms with van der Waals surface area (Å²) in [5, 5.41) is 30.8. The van der Waals surface area contributed by atoms with Gasteiger partial charge in [-0.2, -0.15) is 10.5 Å². The number of hydrogen-bond acceptors (Lipinski definition) is 9. The molecule has 0 N–H and O–H groups in total. The molecule has 7 aromatic carbocycles. The van der Waals surface area contributed by atoms with Crippen molar-refractivity contribution in [1.82, 2.24) is 0 Å². The zero-order valence-electron chi connectivity index (χ0n) is 44.0. The van der Waals surface area contributed by atoms with Crippen molar-refractivity contribution >= 4 is 65.6 Å². The molecule has 0 saturated carbocycles. The molecule has 2 aliphatic heterocycles. The van der Waals surface area contributed by atoms with Gasteiger partial charge < -0.3 is 0 Å². The van der Waals surface area contributed by atoms with Gasteiger partial charge in [0, 0.05) is 58.5 Å². The van der Waals surface area contributed by atoms with Crippen LogP contribution in [0.15, 0.2) is 189 Å². The lowest BCUT2D eigenvalue weighted by atomic mass is 9.65. The molecule has 13 rings (SSSR count). The van der Waals surface area contributed by atoms with Gasteiger partial charge in [-0.3, -0.25) is 0 Å². The number of nitrogens with zero attached hydrogens (tertiary/aromatic N) is 4. The van der Waals surface area contributed by atoms with Crippen molar-refractivity contribution in [2.45, 2.75) is 48.3 Å². The predicted molar refractivity (Wildman–Crippen MR) is 316 cm³/mol. The first-order valence-electron chi connectivity index (χ1n) is 25.8. The zero-order chi connectivity index (χ0) is 57.4. The second-order valence-electron chi connectivity index (χ2n) is 20.8. The van der Waals surface area contributed by atoms with Gasteiger partial charge in [-0.1, -0.05) is 156 Å². The van der Waals surface area contributed by atoms with Gasteiger partial charge in [-0.25, -0.2) is 35.7 Å². The first kappa shape index (κ1) is 52.0. The van der Waals surface area contributed by atoms with E-state index in [2.05, 4.69) is 4.85 Å². The van der Waals surface area contributed by atoms with Gasteiger partial charge in [-0.05, 0) is 103 Å². The van der Waals surface area contributed by atoms with Crippen LogP contribution in [0.2, 0.25) is 0 Å². The number of thiophene rings is 2. The Balaban J connectivity index is 1.18. The Morgan fingerprint density at radius 2 is 0.854 bits per heavy atom. The quantitative estimate of drug-likeness (QED) is 0.119. The summed E-state index contributed by atoms with van der Waals surface area (Å²) in [5.74, 6) is -1.46. The van der Waals surface area contributed by atoms with E-state index in [1.165, 1.54) is 24.3 Å². The highest BCUT2D eigenvalue weighted by Gasteiger charge is 2.58. The molecule has 394 valence electrons. The Bertz CT molecular complexity index is 4480. The Labute approximate surface area is 480 Å². The van der Waals surface area contributed by atoms with Gasteiger partial charge in [0.15, 0.2) is 0 Å². The average Bonchev–Trinajstić information content (AvgIpc) is 1.89. The minimum atomic E-state index is -4.32. The Morgan fingerprint density at radius 1 is 0.512 bits per heavy atom. The van der Waals surface area contributed by atoms with Crippen molar-refractivity contribution in [3.05, 3.63) is 290 Å². The van der Waals surface area contributed by atoms with E-state index in [-0.39, 0.29) is 64.1 Å². The molecule has 2 aromatic heterocycles. The fourth-order valence-electron chi connectivity index (χ4n) is 12.6. The molecule has 0 bridgehead atoms. The molecule has 9 aromatic rings. The van der Waals surface area contributed by atoms with E-state index in [0.717, 1.165) is 44.9 Å². The van der Waals surface area contributed by atoms with Crippen LogP contribution in [0.25, 0.3) is 49.0 Å². The van der Waals surface area contributed by atoms with E-state index in [0.29, 0.717) is 52.9 Å². The van der Waals surface area contributed by atoms with E-state index in [9.17, 15) is 32.6 Å². The number of fused-ring (bicyclic) bond motifs is 8. The van der Waals surface area contributed by atoms with E-state index in [1.54, 1.807) is 48.5 Å². The highest BCUT2D eigenvalue weighted by Crippen LogP contribution is 2.67. The molecule has 0 spiro atoms. The largest absolute Gasteiger partial charge is 0.270 e.